The third-order valence-electron chi connectivity index (χ3n) is 3.16. The second-order valence-corrected chi connectivity index (χ2v) is 4.61. The maximum absolute atomic E-state index is 11.0. The van der Waals surface area contributed by atoms with Crippen molar-refractivity contribution in [3.8, 4) is 0 Å². The molecule has 0 aromatic carbocycles. The first-order valence-corrected chi connectivity index (χ1v) is 6.65. The maximum atomic E-state index is 11.0. The van der Waals surface area contributed by atoms with Crippen LogP contribution in [0.15, 0.2) is 54.1 Å². The Kier molecular flexibility index (Phi) is 9.53. The van der Waals surface area contributed by atoms with Gasteiger partial charge in [0.15, 0.2) is 31.7 Å². The van der Waals surface area contributed by atoms with E-state index in [0.29, 0.717) is 5.56 Å². The van der Waals surface area contributed by atoms with E-state index >= 15 is 0 Å². The van der Waals surface area contributed by atoms with Crippen LogP contribution in [-0.2, 0) is 13.1 Å². The minimum atomic E-state index is -0.421. The molecule has 0 aliphatic rings. The zero-order chi connectivity index (χ0) is 15.1. The van der Waals surface area contributed by atoms with Crippen molar-refractivity contribution >= 4 is 12.1 Å². The van der Waals surface area contributed by atoms with E-state index in [1.54, 1.807) is 12.1 Å². The van der Waals surface area contributed by atoms with Gasteiger partial charge in [0.2, 0.25) is 11.6 Å². The molecule has 2 aromatic heterocycles. The van der Waals surface area contributed by atoms with Crippen LogP contribution in [0.3, 0.4) is 0 Å². The second kappa shape index (κ2) is 10.5. The smallest absolute Gasteiger partial charge is 0.249 e. The summed E-state index contributed by atoms with van der Waals surface area (Å²) < 4.78 is 4.01. The Labute approximate surface area is 147 Å². The average Bonchev–Trinajstić information content (AvgIpc) is 2.50. The number of carbonyl (C=O) groups is 1. The molecule has 0 atom stereocenters. The van der Waals surface area contributed by atoms with Crippen LogP contribution in [0.25, 0.3) is 0 Å². The Bertz CT molecular complexity index is 648. The highest BCUT2D eigenvalue weighted by Crippen LogP contribution is 1.94. The number of pyridine rings is 2. The quantitative estimate of drug-likeness (QED) is 0.234. The number of rotatable bonds is 6. The lowest BCUT2D eigenvalue weighted by atomic mass is 10.2. The summed E-state index contributed by atoms with van der Waals surface area (Å²) >= 11 is 0. The third kappa shape index (κ3) is 6.22. The lowest BCUT2D eigenvalue weighted by molar-refractivity contribution is -0.727. The van der Waals surface area contributed by atoms with Crippen molar-refractivity contribution in [1.29, 1.82) is 0 Å². The van der Waals surface area contributed by atoms with Crippen LogP contribution >= 0.6 is 0 Å². The van der Waals surface area contributed by atoms with Gasteiger partial charge >= 0.3 is 0 Å². The minimum absolute atomic E-state index is 0. The van der Waals surface area contributed by atoms with Crippen molar-refractivity contribution in [2.75, 3.05) is 0 Å². The summed E-state index contributed by atoms with van der Waals surface area (Å²) in [5.41, 5.74) is 6.55. The Morgan fingerprint density at radius 3 is 2.43 bits per heavy atom. The highest BCUT2D eigenvalue weighted by molar-refractivity contribution is 5.92. The van der Waals surface area contributed by atoms with Gasteiger partial charge in [0.05, 0.1) is 12.0 Å². The van der Waals surface area contributed by atoms with Crippen LogP contribution in [0.5, 0.6) is 0 Å². The molecule has 8 heteroatoms. The van der Waals surface area contributed by atoms with Crippen molar-refractivity contribution in [3.63, 3.8) is 0 Å². The van der Waals surface area contributed by atoms with E-state index in [2.05, 4.69) is 5.16 Å². The number of carbonyl (C=O) groups excluding carboxylic acids is 1. The number of amides is 1. The zero-order valence-electron chi connectivity index (χ0n) is 12.3. The average molecular weight is 357 g/mol. The van der Waals surface area contributed by atoms with Gasteiger partial charge in [-0.15, -0.1) is 0 Å². The number of aryl methyl sites for hydroxylation is 2. The third-order valence-corrected chi connectivity index (χ3v) is 3.16. The summed E-state index contributed by atoms with van der Waals surface area (Å²) in [6.45, 7) is 1.61. The molecule has 0 aliphatic heterocycles. The van der Waals surface area contributed by atoms with Crippen molar-refractivity contribution in [1.82, 2.24) is 0 Å². The summed E-state index contributed by atoms with van der Waals surface area (Å²) in [6.07, 6.45) is 7.94. The van der Waals surface area contributed by atoms with Crippen LogP contribution in [-0.4, -0.2) is 17.3 Å². The standard InChI is InChI=1S/C15H16N4O2.2ClH/c16-15(20)13-5-10-18(11-6-13)7-3-9-19-8-2-1-4-14(19)12-17-21;;/h1-2,4-6,8,10-12H,3,7,9H2,(H-,16,20);2*1H. The topological polar surface area (TPSA) is 83.4 Å². The van der Waals surface area contributed by atoms with Gasteiger partial charge in [-0.3, -0.25) is 4.79 Å². The molecular weight excluding hydrogens is 339 g/mol. The number of oxime groups is 1. The molecule has 2 rings (SSSR count). The number of hydrogen-bond acceptors (Lipinski definition) is 3. The maximum Gasteiger partial charge on any atom is 0.249 e. The Morgan fingerprint density at radius 2 is 1.83 bits per heavy atom. The van der Waals surface area contributed by atoms with Crippen molar-refractivity contribution in [2.45, 2.75) is 19.5 Å². The fourth-order valence-electron chi connectivity index (χ4n) is 2.06. The first kappa shape index (κ1) is 20.8. The van der Waals surface area contributed by atoms with Crippen molar-refractivity contribution < 1.29 is 44.0 Å². The molecule has 0 spiro atoms. The summed E-state index contributed by atoms with van der Waals surface area (Å²) in [5.74, 6) is -0.421. The fourth-order valence-corrected chi connectivity index (χ4v) is 2.06. The van der Waals surface area contributed by atoms with Crippen LogP contribution in [0, 0.1) is 0 Å². The van der Waals surface area contributed by atoms with Crippen LogP contribution in [0.1, 0.15) is 22.5 Å². The van der Waals surface area contributed by atoms with Gasteiger partial charge in [-0.2, -0.15) is 4.57 Å². The molecule has 6 nitrogen and oxygen atoms in total. The predicted octanol–water partition coefficient (Wildman–Crippen LogP) is -5.73. The van der Waals surface area contributed by atoms with Gasteiger partial charge in [0.25, 0.3) is 0 Å². The fraction of sp³-hybridized carbons (Fsp3) is 0.200. The van der Waals surface area contributed by atoms with Crippen LogP contribution in [0.4, 0.5) is 0 Å². The van der Waals surface area contributed by atoms with Gasteiger partial charge in [0, 0.05) is 24.3 Å². The highest BCUT2D eigenvalue weighted by Gasteiger charge is 2.09. The molecule has 0 unspecified atom stereocenters. The summed E-state index contributed by atoms with van der Waals surface area (Å²) in [5, 5.41) is 11.7. The molecule has 0 saturated carbocycles. The summed E-state index contributed by atoms with van der Waals surface area (Å²) in [4.78, 5) is 11.0. The van der Waals surface area contributed by atoms with Gasteiger partial charge < -0.3 is 35.8 Å². The normalized spacial score (nSPS) is 9.91. The van der Waals surface area contributed by atoms with Gasteiger partial charge in [-0.05, 0) is 6.07 Å². The van der Waals surface area contributed by atoms with E-state index in [1.807, 2.05) is 45.9 Å². The predicted molar refractivity (Wildman–Crippen MR) is 75.8 cm³/mol. The Morgan fingerprint density at radius 1 is 1.13 bits per heavy atom. The van der Waals surface area contributed by atoms with Crippen molar-refractivity contribution in [3.05, 3.63) is 60.2 Å². The molecule has 0 aliphatic carbocycles. The SMILES string of the molecule is NC(=O)c1cc[n+](CCC[n+]2ccccc2/C=N/O)cc1.[Cl-].[Cl-]. The minimum Gasteiger partial charge on any atom is -1.00 e. The molecule has 124 valence electrons. The molecule has 2 aromatic rings. The van der Waals surface area contributed by atoms with E-state index < -0.39 is 5.91 Å². The number of primary amides is 1. The molecule has 0 fully saturated rings. The van der Waals surface area contributed by atoms with Gasteiger partial charge in [-0.1, -0.05) is 5.16 Å². The van der Waals surface area contributed by atoms with Gasteiger partial charge in [-0.25, -0.2) is 4.57 Å². The van der Waals surface area contributed by atoms with Crippen molar-refractivity contribution in [2.24, 2.45) is 10.9 Å². The number of nitrogens with zero attached hydrogens (tertiary/aromatic N) is 3. The van der Waals surface area contributed by atoms with Gasteiger partial charge in [0.1, 0.15) is 6.21 Å². The zero-order valence-corrected chi connectivity index (χ0v) is 13.9. The molecular formula is C15H18Cl2N4O2. The number of halogens is 2. The molecule has 0 saturated heterocycles. The number of hydrogen-bond donors (Lipinski definition) is 2. The van der Waals surface area contributed by atoms with E-state index in [0.717, 1.165) is 25.2 Å². The van der Waals surface area contributed by atoms with Crippen LogP contribution in [0.2, 0.25) is 0 Å². The molecule has 23 heavy (non-hydrogen) atoms. The van der Waals surface area contributed by atoms with Crippen LogP contribution < -0.4 is 39.7 Å². The van der Waals surface area contributed by atoms with E-state index in [9.17, 15) is 4.79 Å². The molecule has 0 bridgehead atoms. The lowest BCUT2D eigenvalue weighted by Gasteiger charge is -1.99. The summed E-state index contributed by atoms with van der Waals surface area (Å²) in [6, 6.07) is 9.13. The number of nitrogens with two attached hydrogens (primary N) is 1. The second-order valence-electron chi connectivity index (χ2n) is 4.61. The highest BCUT2D eigenvalue weighted by atomic mass is 35.5. The van der Waals surface area contributed by atoms with E-state index in [1.165, 1.54) is 6.21 Å². The lowest BCUT2D eigenvalue weighted by Crippen LogP contribution is -3.00. The first-order chi connectivity index (χ1) is 10.2. The Hall–Kier alpha value is -2.18. The largest absolute Gasteiger partial charge is 1.00 e. The first-order valence-electron chi connectivity index (χ1n) is 6.65. The number of aromatic nitrogens is 2. The van der Waals surface area contributed by atoms with E-state index in [4.69, 9.17) is 10.9 Å². The molecule has 1 amide bonds. The molecule has 2 heterocycles. The monoisotopic (exact) mass is 356 g/mol. The molecule has 0 radical (unpaired) electrons. The Balaban J connectivity index is 0.00000242. The molecule has 3 N–H and O–H groups in total. The van der Waals surface area contributed by atoms with E-state index in [-0.39, 0.29) is 24.8 Å². The summed E-state index contributed by atoms with van der Waals surface area (Å²) in [7, 11) is 0.